The minimum Gasteiger partial charge on any atom is -0.463 e. The molecule has 0 spiro atoms. The third-order valence-corrected chi connectivity index (χ3v) is 5.34. The summed E-state index contributed by atoms with van der Waals surface area (Å²) in [6.45, 7) is 0.182. The van der Waals surface area contributed by atoms with Crippen molar-refractivity contribution in [1.82, 2.24) is 9.55 Å². The van der Waals surface area contributed by atoms with E-state index in [2.05, 4.69) is 4.99 Å². The van der Waals surface area contributed by atoms with E-state index in [1.165, 1.54) is 0 Å². The molecular formula is C25H21N3O3. The molecule has 154 valence electrons. The lowest BCUT2D eigenvalue weighted by Gasteiger charge is -2.17. The van der Waals surface area contributed by atoms with Crippen LogP contribution in [0.2, 0.25) is 0 Å². The number of para-hydroxylation sites is 2. The standard InChI is InChI=1S/C25H21N3O3/c1-28-20-15-9-8-14-19(20)26-23(28)22-21(25(29)30-16-17-10-4-2-5-11-17)27-24(31-22)18-12-6-3-7-13-18/h2-15,21-22H,16H2,1H3. The molecule has 2 unspecified atom stereocenters. The second kappa shape index (κ2) is 8.07. The highest BCUT2D eigenvalue weighted by molar-refractivity contribution is 5.98. The summed E-state index contributed by atoms with van der Waals surface area (Å²) in [6, 6.07) is 26.1. The van der Waals surface area contributed by atoms with Crippen LogP contribution in [0.25, 0.3) is 11.0 Å². The minimum absolute atomic E-state index is 0.182. The number of benzene rings is 3. The van der Waals surface area contributed by atoms with Crippen molar-refractivity contribution < 1.29 is 14.3 Å². The van der Waals surface area contributed by atoms with Crippen LogP contribution < -0.4 is 0 Å². The summed E-state index contributed by atoms with van der Waals surface area (Å²) < 4.78 is 13.7. The van der Waals surface area contributed by atoms with Crippen LogP contribution in [0.5, 0.6) is 0 Å². The van der Waals surface area contributed by atoms with Crippen molar-refractivity contribution in [2.75, 3.05) is 0 Å². The summed E-state index contributed by atoms with van der Waals surface area (Å²) in [7, 11) is 1.92. The number of fused-ring (bicyclic) bond motifs is 1. The van der Waals surface area contributed by atoms with Crippen molar-refractivity contribution in [2.45, 2.75) is 18.8 Å². The van der Waals surface area contributed by atoms with Gasteiger partial charge in [0.1, 0.15) is 6.61 Å². The number of carbonyl (C=O) groups is 1. The molecule has 1 aliphatic heterocycles. The van der Waals surface area contributed by atoms with Crippen LogP contribution in [0.4, 0.5) is 0 Å². The summed E-state index contributed by atoms with van der Waals surface area (Å²) >= 11 is 0. The number of imidazole rings is 1. The van der Waals surface area contributed by atoms with E-state index in [0.29, 0.717) is 11.7 Å². The Morgan fingerprint density at radius 3 is 2.39 bits per heavy atom. The predicted octanol–water partition coefficient (Wildman–Crippen LogP) is 4.20. The molecular weight excluding hydrogens is 390 g/mol. The summed E-state index contributed by atoms with van der Waals surface area (Å²) in [6.07, 6.45) is -0.670. The first-order valence-electron chi connectivity index (χ1n) is 10.1. The maximum atomic E-state index is 13.1. The molecule has 0 bridgehead atoms. The van der Waals surface area contributed by atoms with Gasteiger partial charge in [0.25, 0.3) is 0 Å². The number of carbonyl (C=O) groups excluding carboxylic acids is 1. The molecule has 0 amide bonds. The number of aromatic nitrogens is 2. The zero-order valence-electron chi connectivity index (χ0n) is 17.0. The quantitative estimate of drug-likeness (QED) is 0.462. The lowest BCUT2D eigenvalue weighted by atomic mass is 10.1. The number of esters is 1. The molecule has 6 heteroatoms. The molecule has 0 N–H and O–H groups in total. The summed E-state index contributed by atoms with van der Waals surface area (Å²) in [5.41, 5.74) is 3.53. The van der Waals surface area contributed by atoms with Gasteiger partial charge in [-0.15, -0.1) is 0 Å². The first kappa shape index (κ1) is 19.1. The Morgan fingerprint density at radius 2 is 1.65 bits per heavy atom. The van der Waals surface area contributed by atoms with Gasteiger partial charge in [0.05, 0.1) is 11.0 Å². The Kier molecular flexibility index (Phi) is 4.96. The lowest BCUT2D eigenvalue weighted by molar-refractivity contribution is -0.148. The third-order valence-electron chi connectivity index (χ3n) is 5.34. The van der Waals surface area contributed by atoms with Gasteiger partial charge in [-0.2, -0.15) is 0 Å². The van der Waals surface area contributed by atoms with Gasteiger partial charge in [-0.3, -0.25) is 0 Å². The first-order valence-corrected chi connectivity index (χ1v) is 10.1. The van der Waals surface area contributed by atoms with Gasteiger partial charge in [0, 0.05) is 12.6 Å². The average molecular weight is 411 g/mol. The van der Waals surface area contributed by atoms with Gasteiger partial charge < -0.3 is 14.0 Å². The van der Waals surface area contributed by atoms with E-state index in [-0.39, 0.29) is 6.61 Å². The molecule has 1 aromatic heterocycles. The van der Waals surface area contributed by atoms with E-state index < -0.39 is 18.1 Å². The number of hydrogen-bond acceptors (Lipinski definition) is 5. The van der Waals surface area contributed by atoms with Gasteiger partial charge in [-0.1, -0.05) is 60.7 Å². The average Bonchev–Trinajstić information content (AvgIpc) is 3.41. The van der Waals surface area contributed by atoms with Crippen molar-refractivity contribution in [3.63, 3.8) is 0 Å². The maximum Gasteiger partial charge on any atom is 0.335 e. The monoisotopic (exact) mass is 411 g/mol. The van der Waals surface area contributed by atoms with Crippen LogP contribution in [-0.2, 0) is 27.9 Å². The van der Waals surface area contributed by atoms with Crippen LogP contribution in [0, 0.1) is 0 Å². The van der Waals surface area contributed by atoms with Crippen LogP contribution >= 0.6 is 0 Å². The molecule has 6 nitrogen and oxygen atoms in total. The zero-order chi connectivity index (χ0) is 21.2. The highest BCUT2D eigenvalue weighted by Crippen LogP contribution is 2.33. The topological polar surface area (TPSA) is 65.7 Å². The van der Waals surface area contributed by atoms with Crippen LogP contribution in [0.15, 0.2) is 89.9 Å². The molecule has 0 fully saturated rings. The third kappa shape index (κ3) is 3.68. The van der Waals surface area contributed by atoms with Gasteiger partial charge >= 0.3 is 5.97 Å². The number of aryl methyl sites for hydroxylation is 1. The highest BCUT2D eigenvalue weighted by atomic mass is 16.5. The molecule has 1 aliphatic rings. The van der Waals surface area contributed by atoms with Crippen LogP contribution in [0.3, 0.4) is 0 Å². The van der Waals surface area contributed by atoms with E-state index in [1.54, 1.807) is 0 Å². The molecule has 2 atom stereocenters. The molecule has 0 aliphatic carbocycles. The van der Waals surface area contributed by atoms with Crippen molar-refractivity contribution in [1.29, 1.82) is 0 Å². The number of nitrogens with zero attached hydrogens (tertiary/aromatic N) is 3. The fourth-order valence-corrected chi connectivity index (χ4v) is 3.74. The molecule has 2 heterocycles. The van der Waals surface area contributed by atoms with Crippen LogP contribution in [-0.4, -0.2) is 27.5 Å². The van der Waals surface area contributed by atoms with Crippen molar-refractivity contribution in [3.8, 4) is 0 Å². The van der Waals surface area contributed by atoms with Gasteiger partial charge in [-0.25, -0.2) is 14.8 Å². The van der Waals surface area contributed by atoms with Gasteiger partial charge in [0.2, 0.25) is 5.90 Å². The number of rotatable bonds is 5. The Bertz CT molecular complexity index is 1250. The number of hydrogen-bond donors (Lipinski definition) is 0. The van der Waals surface area contributed by atoms with Crippen molar-refractivity contribution >= 4 is 22.9 Å². The number of aliphatic imine (C=N–C) groups is 1. The summed E-state index contributed by atoms with van der Waals surface area (Å²) in [5.74, 6) is 0.615. The molecule has 0 radical (unpaired) electrons. The first-order chi connectivity index (χ1) is 15.2. The van der Waals surface area contributed by atoms with Gasteiger partial charge in [0.15, 0.2) is 18.0 Å². The molecule has 31 heavy (non-hydrogen) atoms. The lowest BCUT2D eigenvalue weighted by Crippen LogP contribution is -2.28. The maximum absolute atomic E-state index is 13.1. The Hall–Kier alpha value is -3.93. The fraction of sp³-hybridized carbons (Fsp3) is 0.160. The zero-order valence-corrected chi connectivity index (χ0v) is 17.0. The minimum atomic E-state index is -0.838. The molecule has 4 aromatic rings. The Morgan fingerprint density at radius 1 is 0.968 bits per heavy atom. The Balaban J connectivity index is 1.48. The van der Waals surface area contributed by atoms with Crippen molar-refractivity contribution in [2.24, 2.45) is 12.0 Å². The fourth-order valence-electron chi connectivity index (χ4n) is 3.74. The predicted molar refractivity (Wildman–Crippen MR) is 118 cm³/mol. The molecule has 3 aromatic carbocycles. The highest BCUT2D eigenvalue weighted by Gasteiger charge is 2.42. The SMILES string of the molecule is Cn1c(C2OC(c3ccccc3)=NC2C(=O)OCc2ccccc2)nc2ccccc21. The van der Waals surface area contributed by atoms with E-state index in [9.17, 15) is 4.79 Å². The summed E-state index contributed by atoms with van der Waals surface area (Å²) in [4.78, 5) is 22.4. The smallest absolute Gasteiger partial charge is 0.335 e. The van der Waals surface area contributed by atoms with Crippen molar-refractivity contribution in [3.05, 3.63) is 102 Å². The Labute approximate surface area is 179 Å². The van der Waals surface area contributed by atoms with E-state index >= 15 is 0 Å². The van der Waals surface area contributed by atoms with E-state index in [1.807, 2.05) is 96.5 Å². The second-order valence-electron chi connectivity index (χ2n) is 7.39. The van der Waals surface area contributed by atoms with E-state index in [0.717, 1.165) is 22.2 Å². The second-order valence-corrected chi connectivity index (χ2v) is 7.39. The molecule has 0 saturated carbocycles. The molecule has 0 saturated heterocycles. The summed E-state index contributed by atoms with van der Waals surface area (Å²) in [5, 5.41) is 0. The largest absolute Gasteiger partial charge is 0.463 e. The normalized spacial score (nSPS) is 17.9. The molecule has 5 rings (SSSR count). The van der Waals surface area contributed by atoms with Crippen LogP contribution in [0.1, 0.15) is 23.1 Å². The number of ether oxygens (including phenoxy) is 2. The van der Waals surface area contributed by atoms with E-state index in [4.69, 9.17) is 14.5 Å². The van der Waals surface area contributed by atoms with Gasteiger partial charge in [-0.05, 0) is 29.8 Å².